The summed E-state index contributed by atoms with van der Waals surface area (Å²) in [5, 5.41) is 12.7. The molecule has 0 fully saturated rings. The summed E-state index contributed by atoms with van der Waals surface area (Å²) in [5.41, 5.74) is -0.499. The number of aromatic nitrogens is 2. The lowest BCUT2D eigenvalue weighted by Crippen LogP contribution is -2.42. The first-order valence-corrected chi connectivity index (χ1v) is 8.08. The number of carbonyl (C=O) groups excluding carboxylic acids is 1. The van der Waals surface area contributed by atoms with Gasteiger partial charge in [-0.25, -0.2) is 4.79 Å². The lowest BCUT2D eigenvalue weighted by Gasteiger charge is -2.19. The third-order valence-electron chi connectivity index (χ3n) is 2.60. The first kappa shape index (κ1) is 23.4. The molecule has 0 aliphatic rings. The van der Waals surface area contributed by atoms with Crippen LogP contribution in [-0.2, 0) is 11.2 Å². The molecule has 0 aliphatic carbocycles. The molecule has 0 spiro atoms. The summed E-state index contributed by atoms with van der Waals surface area (Å²) in [4.78, 5) is 20.1. The Morgan fingerprint density at radius 1 is 1.24 bits per heavy atom. The Hall–Kier alpha value is -1.59. The van der Waals surface area contributed by atoms with Crippen LogP contribution in [0.25, 0.3) is 0 Å². The van der Waals surface area contributed by atoms with E-state index in [0.29, 0.717) is 43.7 Å². The van der Waals surface area contributed by atoms with E-state index < -0.39 is 11.7 Å². The molecule has 0 aliphatic heterocycles. The molecule has 144 valence electrons. The van der Waals surface area contributed by atoms with Crippen molar-refractivity contribution in [1.29, 1.82) is 0 Å². The van der Waals surface area contributed by atoms with E-state index in [1.807, 2.05) is 27.7 Å². The summed E-state index contributed by atoms with van der Waals surface area (Å²) in [6, 6.07) is 0. The Morgan fingerprint density at radius 3 is 2.48 bits per heavy atom. The van der Waals surface area contributed by atoms with Gasteiger partial charge >= 0.3 is 6.09 Å². The number of ether oxygens (including phenoxy) is 1. The highest BCUT2D eigenvalue weighted by atomic mass is 127. The average molecular weight is 468 g/mol. The summed E-state index contributed by atoms with van der Waals surface area (Å²) < 4.78 is 10.2. The van der Waals surface area contributed by atoms with Crippen LogP contribution in [-0.4, -0.2) is 54.0 Å². The van der Waals surface area contributed by atoms with Crippen molar-refractivity contribution in [3.63, 3.8) is 0 Å². The number of hydrogen-bond donors (Lipinski definition) is 3. The van der Waals surface area contributed by atoms with Crippen LogP contribution < -0.4 is 16.0 Å². The molecule has 0 unspecified atom stereocenters. The molecule has 0 aromatic carbocycles. The van der Waals surface area contributed by atoms with Gasteiger partial charge in [-0.15, -0.1) is 24.0 Å². The molecule has 3 N–H and O–H groups in total. The van der Waals surface area contributed by atoms with Crippen molar-refractivity contribution in [3.8, 4) is 0 Å². The Kier molecular flexibility index (Phi) is 11.1. The van der Waals surface area contributed by atoms with Gasteiger partial charge in [0.1, 0.15) is 5.60 Å². The van der Waals surface area contributed by atoms with Crippen molar-refractivity contribution in [3.05, 3.63) is 11.7 Å². The predicted molar refractivity (Wildman–Crippen MR) is 106 cm³/mol. The van der Waals surface area contributed by atoms with E-state index in [2.05, 4.69) is 31.1 Å². The summed E-state index contributed by atoms with van der Waals surface area (Å²) in [7, 11) is 0. The molecule has 0 saturated carbocycles. The van der Waals surface area contributed by atoms with Crippen LogP contribution in [0.1, 0.15) is 39.4 Å². The number of nitrogens with one attached hydrogen (secondary N) is 3. The van der Waals surface area contributed by atoms with Crippen LogP contribution in [0.2, 0.25) is 0 Å². The summed E-state index contributed by atoms with van der Waals surface area (Å²) in [6.45, 7) is 11.5. The number of nitrogens with zero attached hydrogens (tertiary/aromatic N) is 3. The molecule has 0 radical (unpaired) electrons. The van der Waals surface area contributed by atoms with Crippen molar-refractivity contribution < 1.29 is 14.1 Å². The molecule has 0 atom stereocenters. The predicted octanol–water partition coefficient (Wildman–Crippen LogP) is 1.62. The summed E-state index contributed by atoms with van der Waals surface area (Å²) >= 11 is 0. The Bertz CT molecular complexity index is 542. The van der Waals surface area contributed by atoms with Crippen LogP contribution in [0.15, 0.2) is 9.52 Å². The SMILES string of the molecule is CCNC(=NCCc1nc(C)no1)NCCNC(=O)OC(C)(C)C.I. The molecule has 10 heteroatoms. The van der Waals surface area contributed by atoms with E-state index in [4.69, 9.17) is 9.26 Å². The molecular weight excluding hydrogens is 439 g/mol. The first-order valence-electron chi connectivity index (χ1n) is 8.08. The Balaban J connectivity index is 0.00000576. The number of rotatable bonds is 7. The quantitative estimate of drug-likeness (QED) is 0.241. The van der Waals surface area contributed by atoms with Gasteiger partial charge in [-0.2, -0.15) is 4.98 Å². The fourth-order valence-electron chi connectivity index (χ4n) is 1.71. The number of halogens is 1. The maximum absolute atomic E-state index is 11.5. The normalized spacial score (nSPS) is 11.5. The number of guanidine groups is 1. The summed E-state index contributed by atoms with van der Waals surface area (Å²) in [6.07, 6.45) is 0.145. The molecule has 1 aromatic rings. The van der Waals surface area contributed by atoms with Crippen molar-refractivity contribution in [2.24, 2.45) is 4.99 Å². The second-order valence-electron chi connectivity index (χ2n) is 6.10. The van der Waals surface area contributed by atoms with E-state index in [0.717, 1.165) is 6.54 Å². The molecular formula is C15H29IN6O3. The molecule has 0 bridgehead atoms. The van der Waals surface area contributed by atoms with Gasteiger partial charge in [-0.3, -0.25) is 4.99 Å². The Labute approximate surface area is 165 Å². The third-order valence-corrected chi connectivity index (χ3v) is 2.60. The second kappa shape index (κ2) is 11.9. The largest absolute Gasteiger partial charge is 0.444 e. The minimum absolute atomic E-state index is 0. The molecule has 1 heterocycles. The monoisotopic (exact) mass is 468 g/mol. The fourth-order valence-corrected chi connectivity index (χ4v) is 1.71. The fraction of sp³-hybridized carbons (Fsp3) is 0.733. The van der Waals surface area contributed by atoms with Gasteiger partial charge < -0.3 is 25.2 Å². The molecule has 25 heavy (non-hydrogen) atoms. The molecule has 9 nitrogen and oxygen atoms in total. The van der Waals surface area contributed by atoms with Crippen LogP contribution in [0.4, 0.5) is 4.79 Å². The number of alkyl carbamates (subject to hydrolysis) is 1. The number of aryl methyl sites for hydroxylation is 1. The van der Waals surface area contributed by atoms with Gasteiger partial charge in [-0.1, -0.05) is 5.16 Å². The zero-order valence-electron chi connectivity index (χ0n) is 15.5. The highest BCUT2D eigenvalue weighted by Gasteiger charge is 2.15. The lowest BCUT2D eigenvalue weighted by atomic mass is 10.2. The highest BCUT2D eigenvalue weighted by Crippen LogP contribution is 2.05. The zero-order chi connectivity index (χ0) is 18.0. The van der Waals surface area contributed by atoms with Gasteiger partial charge in [0.15, 0.2) is 11.8 Å². The molecule has 1 rings (SSSR count). The smallest absolute Gasteiger partial charge is 0.407 e. The van der Waals surface area contributed by atoms with Crippen molar-refractivity contribution in [2.75, 3.05) is 26.2 Å². The van der Waals surface area contributed by atoms with Gasteiger partial charge in [0.2, 0.25) is 5.89 Å². The summed E-state index contributed by atoms with van der Waals surface area (Å²) in [5.74, 6) is 1.85. The number of carbonyl (C=O) groups is 1. The van der Waals surface area contributed by atoms with Crippen LogP contribution in [0.3, 0.4) is 0 Å². The maximum Gasteiger partial charge on any atom is 0.407 e. The van der Waals surface area contributed by atoms with Crippen molar-refractivity contribution in [1.82, 2.24) is 26.1 Å². The van der Waals surface area contributed by atoms with E-state index in [1.165, 1.54) is 0 Å². The number of aliphatic imine (C=N–C) groups is 1. The number of hydrogen-bond acceptors (Lipinski definition) is 6. The van der Waals surface area contributed by atoms with Crippen LogP contribution >= 0.6 is 24.0 Å². The Morgan fingerprint density at radius 2 is 1.92 bits per heavy atom. The second-order valence-corrected chi connectivity index (χ2v) is 6.10. The minimum Gasteiger partial charge on any atom is -0.444 e. The average Bonchev–Trinajstić information content (AvgIpc) is 2.87. The van der Waals surface area contributed by atoms with E-state index in [1.54, 1.807) is 6.92 Å². The van der Waals surface area contributed by atoms with Gasteiger partial charge in [0, 0.05) is 26.1 Å². The standard InChI is InChI=1S/C15H28N6O3.HI/c1-6-16-13(17-8-7-12-20-11(2)21-24-12)18-9-10-19-14(22)23-15(3,4)5;/h6-10H2,1-5H3,(H,19,22)(H2,16,17,18);1H. The number of amides is 1. The minimum atomic E-state index is -0.499. The zero-order valence-corrected chi connectivity index (χ0v) is 17.8. The van der Waals surface area contributed by atoms with E-state index in [9.17, 15) is 4.79 Å². The third kappa shape index (κ3) is 11.6. The lowest BCUT2D eigenvalue weighted by molar-refractivity contribution is 0.0529. The maximum atomic E-state index is 11.5. The van der Waals surface area contributed by atoms with Gasteiger partial charge in [0.25, 0.3) is 0 Å². The topological polar surface area (TPSA) is 114 Å². The molecule has 0 saturated heterocycles. The van der Waals surface area contributed by atoms with E-state index >= 15 is 0 Å². The van der Waals surface area contributed by atoms with Crippen molar-refractivity contribution >= 4 is 36.0 Å². The van der Waals surface area contributed by atoms with Gasteiger partial charge in [0.05, 0.1) is 6.54 Å². The van der Waals surface area contributed by atoms with Crippen LogP contribution in [0.5, 0.6) is 0 Å². The molecule has 1 aromatic heterocycles. The molecule has 1 amide bonds. The van der Waals surface area contributed by atoms with Crippen molar-refractivity contribution in [2.45, 2.75) is 46.6 Å². The van der Waals surface area contributed by atoms with Gasteiger partial charge in [-0.05, 0) is 34.6 Å². The highest BCUT2D eigenvalue weighted by molar-refractivity contribution is 14.0. The first-order chi connectivity index (χ1) is 11.3. The van der Waals surface area contributed by atoms with Crippen LogP contribution in [0, 0.1) is 6.92 Å². The van der Waals surface area contributed by atoms with E-state index in [-0.39, 0.29) is 24.0 Å².